The van der Waals surface area contributed by atoms with Gasteiger partial charge in [-0.05, 0) is 56.3 Å². The van der Waals surface area contributed by atoms with Crippen LogP contribution in [0.2, 0.25) is 0 Å². The van der Waals surface area contributed by atoms with Crippen LogP contribution < -0.4 is 5.32 Å². The minimum absolute atomic E-state index is 0.816. The van der Waals surface area contributed by atoms with Gasteiger partial charge in [0, 0.05) is 12.1 Å². The quantitative estimate of drug-likeness (QED) is 0.763. The predicted octanol–water partition coefficient (Wildman–Crippen LogP) is 3.98. The van der Waals surface area contributed by atoms with E-state index in [2.05, 4.69) is 26.1 Å². The van der Waals surface area contributed by atoms with Crippen LogP contribution in [-0.4, -0.2) is 12.1 Å². The van der Waals surface area contributed by atoms with E-state index in [0.717, 1.165) is 29.8 Å². The summed E-state index contributed by atoms with van der Waals surface area (Å²) in [5.74, 6) is 2.86. The van der Waals surface area contributed by atoms with Crippen LogP contribution in [0.1, 0.15) is 65.7 Å². The standard InChI is InChI=1S/C15H29N/c1-4-13-6-7-14(10-13)16-15-8-5-11(2)9-12(15)3/h11-16H,4-10H2,1-3H3. The summed E-state index contributed by atoms with van der Waals surface area (Å²) in [5, 5.41) is 3.95. The monoisotopic (exact) mass is 223 g/mol. The fourth-order valence-electron chi connectivity index (χ4n) is 3.81. The van der Waals surface area contributed by atoms with Crippen molar-refractivity contribution in [2.45, 2.75) is 77.8 Å². The smallest absolute Gasteiger partial charge is 0.00954 e. The molecule has 2 rings (SSSR count). The van der Waals surface area contributed by atoms with Crippen molar-refractivity contribution in [2.75, 3.05) is 0 Å². The third-order valence-corrected chi connectivity index (χ3v) is 5.00. The van der Waals surface area contributed by atoms with Gasteiger partial charge < -0.3 is 5.32 Å². The van der Waals surface area contributed by atoms with E-state index in [1.165, 1.54) is 44.9 Å². The minimum atomic E-state index is 0.816. The first kappa shape index (κ1) is 12.4. The summed E-state index contributed by atoms with van der Waals surface area (Å²) < 4.78 is 0. The number of hydrogen-bond donors (Lipinski definition) is 1. The van der Waals surface area contributed by atoms with E-state index in [1.807, 2.05) is 0 Å². The topological polar surface area (TPSA) is 12.0 Å². The summed E-state index contributed by atoms with van der Waals surface area (Å²) in [6.45, 7) is 7.20. The second kappa shape index (κ2) is 5.53. The fraction of sp³-hybridized carbons (Fsp3) is 1.00. The Hall–Kier alpha value is -0.0400. The first-order valence-corrected chi connectivity index (χ1v) is 7.45. The van der Waals surface area contributed by atoms with Crippen molar-refractivity contribution in [3.63, 3.8) is 0 Å². The van der Waals surface area contributed by atoms with Crippen LogP contribution in [0.15, 0.2) is 0 Å². The summed E-state index contributed by atoms with van der Waals surface area (Å²) in [4.78, 5) is 0. The highest BCUT2D eigenvalue weighted by atomic mass is 15.0. The van der Waals surface area contributed by atoms with Crippen molar-refractivity contribution in [1.29, 1.82) is 0 Å². The molecule has 0 aromatic rings. The molecule has 1 nitrogen and oxygen atoms in total. The Morgan fingerprint density at radius 2 is 1.81 bits per heavy atom. The molecule has 0 aromatic heterocycles. The van der Waals surface area contributed by atoms with E-state index in [9.17, 15) is 0 Å². The van der Waals surface area contributed by atoms with Crippen LogP contribution in [-0.2, 0) is 0 Å². The molecule has 5 unspecified atom stereocenters. The molecule has 0 aliphatic heterocycles. The third kappa shape index (κ3) is 3.00. The summed E-state index contributed by atoms with van der Waals surface area (Å²) >= 11 is 0. The molecular formula is C15H29N. The Labute approximate surface area is 101 Å². The van der Waals surface area contributed by atoms with Gasteiger partial charge in [0.15, 0.2) is 0 Å². The fourth-order valence-corrected chi connectivity index (χ4v) is 3.81. The predicted molar refractivity (Wildman–Crippen MR) is 70.5 cm³/mol. The summed E-state index contributed by atoms with van der Waals surface area (Å²) in [7, 11) is 0. The third-order valence-electron chi connectivity index (χ3n) is 5.00. The van der Waals surface area contributed by atoms with Gasteiger partial charge in [0.25, 0.3) is 0 Å². The van der Waals surface area contributed by atoms with Crippen LogP contribution in [0.5, 0.6) is 0 Å². The molecule has 94 valence electrons. The number of rotatable bonds is 3. The number of hydrogen-bond acceptors (Lipinski definition) is 1. The van der Waals surface area contributed by atoms with Gasteiger partial charge >= 0.3 is 0 Å². The summed E-state index contributed by atoms with van der Waals surface area (Å²) in [6.07, 6.45) is 10.00. The van der Waals surface area contributed by atoms with E-state index < -0.39 is 0 Å². The molecule has 2 saturated carbocycles. The summed E-state index contributed by atoms with van der Waals surface area (Å²) in [6, 6.07) is 1.66. The van der Waals surface area contributed by atoms with Crippen LogP contribution >= 0.6 is 0 Å². The second-order valence-electron chi connectivity index (χ2n) is 6.45. The maximum atomic E-state index is 3.95. The largest absolute Gasteiger partial charge is 0.311 e. The molecule has 0 amide bonds. The molecular weight excluding hydrogens is 194 g/mol. The average Bonchev–Trinajstić information content (AvgIpc) is 2.70. The van der Waals surface area contributed by atoms with Gasteiger partial charge in [-0.1, -0.05) is 27.2 Å². The molecule has 2 aliphatic carbocycles. The zero-order valence-electron chi connectivity index (χ0n) is 11.3. The molecule has 0 heterocycles. The Morgan fingerprint density at radius 3 is 2.44 bits per heavy atom. The Bertz CT molecular complexity index is 213. The maximum Gasteiger partial charge on any atom is 0.00954 e. The molecule has 0 saturated heterocycles. The lowest BCUT2D eigenvalue weighted by molar-refractivity contribution is 0.212. The molecule has 1 heteroatoms. The SMILES string of the molecule is CCC1CCC(NC2CCC(C)CC2C)C1. The van der Waals surface area contributed by atoms with Crippen molar-refractivity contribution in [2.24, 2.45) is 17.8 Å². The van der Waals surface area contributed by atoms with E-state index >= 15 is 0 Å². The van der Waals surface area contributed by atoms with Gasteiger partial charge in [-0.25, -0.2) is 0 Å². The highest BCUT2D eigenvalue weighted by Crippen LogP contribution is 2.32. The van der Waals surface area contributed by atoms with E-state index in [-0.39, 0.29) is 0 Å². The summed E-state index contributed by atoms with van der Waals surface area (Å²) in [5.41, 5.74) is 0. The average molecular weight is 223 g/mol. The molecule has 0 aromatic carbocycles. The maximum absolute atomic E-state index is 3.95. The van der Waals surface area contributed by atoms with Gasteiger partial charge in [0.2, 0.25) is 0 Å². The van der Waals surface area contributed by atoms with E-state index in [4.69, 9.17) is 0 Å². The number of nitrogens with one attached hydrogen (secondary N) is 1. The Morgan fingerprint density at radius 1 is 1.00 bits per heavy atom. The van der Waals surface area contributed by atoms with Crippen LogP contribution in [0, 0.1) is 17.8 Å². The Balaban J connectivity index is 1.77. The highest BCUT2D eigenvalue weighted by molar-refractivity contribution is 4.87. The molecule has 16 heavy (non-hydrogen) atoms. The van der Waals surface area contributed by atoms with Crippen molar-refractivity contribution in [1.82, 2.24) is 5.32 Å². The van der Waals surface area contributed by atoms with Crippen molar-refractivity contribution < 1.29 is 0 Å². The molecule has 0 radical (unpaired) electrons. The highest BCUT2D eigenvalue weighted by Gasteiger charge is 2.30. The first-order chi connectivity index (χ1) is 7.69. The van der Waals surface area contributed by atoms with Crippen molar-refractivity contribution in [3.05, 3.63) is 0 Å². The lowest BCUT2D eigenvalue weighted by Gasteiger charge is -2.35. The van der Waals surface area contributed by atoms with Crippen molar-refractivity contribution >= 4 is 0 Å². The molecule has 1 N–H and O–H groups in total. The second-order valence-corrected chi connectivity index (χ2v) is 6.45. The van der Waals surface area contributed by atoms with Gasteiger partial charge in [-0.2, -0.15) is 0 Å². The van der Waals surface area contributed by atoms with E-state index in [0.29, 0.717) is 0 Å². The lowest BCUT2D eigenvalue weighted by Crippen LogP contribution is -2.43. The van der Waals surface area contributed by atoms with E-state index in [1.54, 1.807) is 0 Å². The Kier molecular flexibility index (Phi) is 4.29. The molecule has 0 bridgehead atoms. The van der Waals surface area contributed by atoms with Gasteiger partial charge in [-0.3, -0.25) is 0 Å². The van der Waals surface area contributed by atoms with Crippen LogP contribution in [0.4, 0.5) is 0 Å². The van der Waals surface area contributed by atoms with Gasteiger partial charge in [-0.15, -0.1) is 0 Å². The minimum Gasteiger partial charge on any atom is -0.311 e. The molecule has 0 spiro atoms. The van der Waals surface area contributed by atoms with Gasteiger partial charge in [0.1, 0.15) is 0 Å². The zero-order chi connectivity index (χ0) is 11.5. The lowest BCUT2D eigenvalue weighted by atomic mass is 9.79. The van der Waals surface area contributed by atoms with Gasteiger partial charge in [0.05, 0.1) is 0 Å². The molecule has 2 aliphatic rings. The van der Waals surface area contributed by atoms with Crippen LogP contribution in [0.25, 0.3) is 0 Å². The zero-order valence-corrected chi connectivity index (χ0v) is 11.3. The van der Waals surface area contributed by atoms with Crippen LogP contribution in [0.3, 0.4) is 0 Å². The molecule has 2 fully saturated rings. The first-order valence-electron chi connectivity index (χ1n) is 7.45. The normalized spacial score (nSPS) is 44.8. The molecule has 5 atom stereocenters. The van der Waals surface area contributed by atoms with Crippen molar-refractivity contribution in [3.8, 4) is 0 Å².